The maximum absolute atomic E-state index is 10.9. The first-order chi connectivity index (χ1) is 9.58. The van der Waals surface area contributed by atoms with Gasteiger partial charge in [0.2, 0.25) is 0 Å². The molecule has 6 heteroatoms. The molecule has 1 atom stereocenters. The Kier molecular flexibility index (Phi) is 3.35. The van der Waals surface area contributed by atoms with E-state index in [1.807, 2.05) is 16.8 Å². The van der Waals surface area contributed by atoms with Crippen molar-refractivity contribution in [2.75, 3.05) is 0 Å². The van der Waals surface area contributed by atoms with Crippen LogP contribution in [0.15, 0.2) is 34.9 Å². The van der Waals surface area contributed by atoms with E-state index in [0.29, 0.717) is 11.5 Å². The molecule has 1 aliphatic carbocycles. The van der Waals surface area contributed by atoms with Gasteiger partial charge in [-0.05, 0) is 46.5 Å². The second-order valence-corrected chi connectivity index (χ2v) is 5.83. The largest absolute Gasteiger partial charge is 0.480 e. The Balaban J connectivity index is 1.94. The van der Waals surface area contributed by atoms with E-state index in [0.717, 1.165) is 10.2 Å². The van der Waals surface area contributed by atoms with E-state index in [2.05, 4.69) is 21.0 Å². The highest BCUT2D eigenvalue weighted by atomic mass is 79.9. The summed E-state index contributed by atoms with van der Waals surface area (Å²) in [5, 5.41) is 13.3. The number of rotatable bonds is 4. The first kappa shape index (κ1) is 13.3. The van der Waals surface area contributed by atoms with E-state index in [-0.39, 0.29) is 0 Å². The highest BCUT2D eigenvalue weighted by Gasteiger charge is 2.30. The lowest BCUT2D eigenvalue weighted by Gasteiger charge is -2.10. The van der Waals surface area contributed by atoms with E-state index >= 15 is 0 Å². The Labute approximate surface area is 124 Å². The molecule has 0 radical (unpaired) electrons. The van der Waals surface area contributed by atoms with Crippen LogP contribution >= 0.6 is 15.9 Å². The molecule has 0 saturated heterocycles. The Morgan fingerprint density at radius 3 is 2.60 bits per heavy atom. The topological polar surface area (TPSA) is 81.1 Å². The van der Waals surface area contributed by atoms with Gasteiger partial charge in [-0.2, -0.15) is 5.10 Å². The minimum atomic E-state index is -1.03. The Morgan fingerprint density at radius 2 is 2.05 bits per heavy atom. The number of carboxylic acid groups (broad SMARTS) is 1. The molecule has 3 rings (SSSR count). The molecule has 5 nitrogen and oxygen atoms in total. The average molecular weight is 336 g/mol. The quantitative estimate of drug-likeness (QED) is 0.899. The molecule has 20 heavy (non-hydrogen) atoms. The lowest BCUT2D eigenvalue weighted by Crippen LogP contribution is -2.20. The van der Waals surface area contributed by atoms with Gasteiger partial charge in [0.1, 0.15) is 6.04 Å². The summed E-state index contributed by atoms with van der Waals surface area (Å²) in [5.41, 5.74) is 8.27. The van der Waals surface area contributed by atoms with Gasteiger partial charge in [-0.3, -0.25) is 4.79 Å². The Hall–Kier alpha value is -1.66. The maximum atomic E-state index is 10.9. The van der Waals surface area contributed by atoms with E-state index in [4.69, 9.17) is 10.8 Å². The zero-order valence-corrected chi connectivity index (χ0v) is 12.2. The number of carboxylic acids is 1. The van der Waals surface area contributed by atoms with Crippen LogP contribution in [-0.2, 0) is 4.79 Å². The predicted molar refractivity (Wildman–Crippen MR) is 77.8 cm³/mol. The summed E-state index contributed by atoms with van der Waals surface area (Å²) < 4.78 is 2.92. The summed E-state index contributed by atoms with van der Waals surface area (Å²) in [6.07, 6.45) is 4.17. The van der Waals surface area contributed by atoms with Crippen LogP contribution in [0.2, 0.25) is 0 Å². The van der Waals surface area contributed by atoms with Crippen LogP contribution < -0.4 is 5.73 Å². The third-order valence-electron chi connectivity index (χ3n) is 3.49. The first-order valence-corrected chi connectivity index (χ1v) is 7.19. The highest BCUT2D eigenvalue weighted by molar-refractivity contribution is 9.10. The van der Waals surface area contributed by atoms with Crippen molar-refractivity contribution in [1.29, 1.82) is 0 Å². The van der Waals surface area contributed by atoms with Gasteiger partial charge in [0.05, 0.1) is 22.1 Å². The molecule has 1 aromatic carbocycles. The summed E-state index contributed by atoms with van der Waals surface area (Å²) in [6, 6.07) is 6.18. The van der Waals surface area contributed by atoms with Gasteiger partial charge < -0.3 is 10.8 Å². The third kappa shape index (κ3) is 2.36. The minimum Gasteiger partial charge on any atom is -0.480 e. The fraction of sp³-hybridized carbons (Fsp3) is 0.286. The Morgan fingerprint density at radius 1 is 1.40 bits per heavy atom. The lowest BCUT2D eigenvalue weighted by atomic mass is 10.1. The van der Waals surface area contributed by atoms with Gasteiger partial charge in [0.15, 0.2) is 0 Å². The number of aliphatic carboxylic acids is 1. The fourth-order valence-corrected chi connectivity index (χ4v) is 2.82. The average Bonchev–Trinajstić information content (AvgIpc) is 3.21. The van der Waals surface area contributed by atoms with Gasteiger partial charge in [-0.1, -0.05) is 12.1 Å². The van der Waals surface area contributed by atoms with Crippen LogP contribution in [0.1, 0.15) is 36.1 Å². The number of hydrogen-bond acceptors (Lipinski definition) is 3. The summed E-state index contributed by atoms with van der Waals surface area (Å²) in [6.45, 7) is 0. The van der Waals surface area contributed by atoms with Crippen molar-refractivity contribution in [3.63, 3.8) is 0 Å². The fourth-order valence-electron chi connectivity index (χ4n) is 2.23. The summed E-state index contributed by atoms with van der Waals surface area (Å²) in [5.74, 6) is -0.467. The number of halogens is 1. The molecule has 1 heterocycles. The van der Waals surface area contributed by atoms with Crippen molar-refractivity contribution in [2.24, 2.45) is 5.73 Å². The number of nitrogens with two attached hydrogens (primary N) is 1. The predicted octanol–water partition coefficient (Wildman–Crippen LogP) is 2.60. The van der Waals surface area contributed by atoms with Crippen molar-refractivity contribution in [2.45, 2.75) is 24.8 Å². The molecule has 1 fully saturated rings. The Bertz CT molecular complexity index is 647. The van der Waals surface area contributed by atoms with Gasteiger partial charge >= 0.3 is 5.97 Å². The van der Waals surface area contributed by atoms with Crippen LogP contribution in [0.25, 0.3) is 5.69 Å². The maximum Gasteiger partial charge on any atom is 0.325 e. The number of nitrogens with zero attached hydrogens (tertiary/aromatic N) is 2. The summed E-state index contributed by atoms with van der Waals surface area (Å²) >= 11 is 3.53. The minimum absolute atomic E-state index is 0.563. The molecule has 0 bridgehead atoms. The standard InChI is InChI=1S/C14H14BrN3O2/c15-11-7-17-18(13(11)9-1-2-9)10-5-3-8(4-6-10)12(16)14(19)20/h3-7,9,12H,1-2,16H2,(H,19,20). The highest BCUT2D eigenvalue weighted by Crippen LogP contribution is 2.43. The van der Waals surface area contributed by atoms with Gasteiger partial charge in [0, 0.05) is 5.92 Å². The number of carbonyl (C=O) groups is 1. The zero-order chi connectivity index (χ0) is 14.3. The smallest absolute Gasteiger partial charge is 0.325 e. The molecule has 104 valence electrons. The van der Waals surface area contributed by atoms with Crippen LogP contribution in [-0.4, -0.2) is 20.9 Å². The molecule has 3 N–H and O–H groups in total. The van der Waals surface area contributed by atoms with Crippen LogP contribution in [0.3, 0.4) is 0 Å². The lowest BCUT2D eigenvalue weighted by molar-refractivity contribution is -0.138. The number of aromatic nitrogens is 2. The van der Waals surface area contributed by atoms with Crippen molar-refractivity contribution in [1.82, 2.24) is 9.78 Å². The van der Waals surface area contributed by atoms with E-state index in [1.165, 1.54) is 18.5 Å². The SMILES string of the molecule is NC(C(=O)O)c1ccc(-n2ncc(Br)c2C2CC2)cc1. The normalized spacial score (nSPS) is 16.1. The second-order valence-electron chi connectivity index (χ2n) is 4.97. The van der Waals surface area contributed by atoms with E-state index in [9.17, 15) is 4.79 Å². The van der Waals surface area contributed by atoms with Crippen molar-refractivity contribution in [3.8, 4) is 5.69 Å². The second kappa shape index (κ2) is 5.03. The van der Waals surface area contributed by atoms with Crippen molar-refractivity contribution < 1.29 is 9.90 Å². The molecule has 1 saturated carbocycles. The molecule has 1 aromatic heterocycles. The summed E-state index contributed by atoms with van der Waals surface area (Å²) in [7, 11) is 0. The van der Waals surface area contributed by atoms with Crippen LogP contribution in [0.4, 0.5) is 0 Å². The first-order valence-electron chi connectivity index (χ1n) is 6.40. The third-order valence-corrected chi connectivity index (χ3v) is 4.10. The zero-order valence-electron chi connectivity index (χ0n) is 10.7. The van der Waals surface area contributed by atoms with Gasteiger partial charge in [-0.25, -0.2) is 4.68 Å². The molecular weight excluding hydrogens is 322 g/mol. The van der Waals surface area contributed by atoms with Gasteiger partial charge in [-0.15, -0.1) is 0 Å². The van der Waals surface area contributed by atoms with Crippen molar-refractivity contribution >= 4 is 21.9 Å². The van der Waals surface area contributed by atoms with E-state index in [1.54, 1.807) is 18.3 Å². The molecule has 0 aliphatic heterocycles. The molecule has 2 aromatic rings. The molecule has 1 aliphatic rings. The monoisotopic (exact) mass is 335 g/mol. The number of hydrogen-bond donors (Lipinski definition) is 2. The molecular formula is C14H14BrN3O2. The molecule has 0 spiro atoms. The molecule has 1 unspecified atom stereocenters. The van der Waals surface area contributed by atoms with Crippen LogP contribution in [0, 0.1) is 0 Å². The van der Waals surface area contributed by atoms with E-state index < -0.39 is 12.0 Å². The van der Waals surface area contributed by atoms with Gasteiger partial charge in [0.25, 0.3) is 0 Å². The van der Waals surface area contributed by atoms with Crippen LogP contribution in [0.5, 0.6) is 0 Å². The van der Waals surface area contributed by atoms with Crippen molar-refractivity contribution in [3.05, 3.63) is 46.2 Å². The summed E-state index contributed by atoms with van der Waals surface area (Å²) in [4.78, 5) is 10.9. The molecule has 0 amide bonds. The number of benzene rings is 1.